The van der Waals surface area contributed by atoms with Crippen LogP contribution < -0.4 is 15.6 Å². The van der Waals surface area contributed by atoms with E-state index in [4.69, 9.17) is 4.74 Å². The highest BCUT2D eigenvalue weighted by atomic mass is 16.6. The first kappa shape index (κ1) is 29.0. The Kier molecular flexibility index (Phi) is 10.3. The van der Waals surface area contributed by atoms with Crippen LogP contribution in [0.25, 0.3) is 11.1 Å². The largest absolute Gasteiger partial charge is 0.448 e. The number of anilines is 2. The van der Waals surface area contributed by atoms with E-state index >= 15 is 0 Å². The first-order valence-corrected chi connectivity index (χ1v) is 14.5. The summed E-state index contributed by atoms with van der Waals surface area (Å²) in [6, 6.07) is 29.6. The number of benzene rings is 3. The molecule has 0 atom stereocenters. The lowest BCUT2D eigenvalue weighted by Gasteiger charge is -2.37. The molecular formula is C34H37N5O3. The molecule has 5 rings (SSSR count). The van der Waals surface area contributed by atoms with Crippen molar-refractivity contribution in [3.05, 3.63) is 115 Å². The van der Waals surface area contributed by atoms with Crippen molar-refractivity contribution >= 4 is 23.4 Å². The van der Waals surface area contributed by atoms with E-state index in [-0.39, 0.29) is 18.9 Å². The van der Waals surface area contributed by atoms with Gasteiger partial charge in [0.05, 0.1) is 12.1 Å². The van der Waals surface area contributed by atoms with Gasteiger partial charge in [-0.1, -0.05) is 73.2 Å². The fraction of sp³-hybridized carbons (Fsp3) is 0.265. The summed E-state index contributed by atoms with van der Waals surface area (Å²) in [7, 11) is 0. The van der Waals surface area contributed by atoms with Crippen LogP contribution in [0.3, 0.4) is 0 Å². The molecule has 0 bridgehead atoms. The van der Waals surface area contributed by atoms with Gasteiger partial charge in [0, 0.05) is 49.8 Å². The number of carbonyl (C=O) groups excluding carboxylic acids is 2. The topological polar surface area (TPSA) is 86.8 Å². The molecule has 2 amide bonds. The summed E-state index contributed by atoms with van der Waals surface area (Å²) in [6.07, 6.45) is 6.36. The van der Waals surface area contributed by atoms with Gasteiger partial charge in [-0.2, -0.15) is 0 Å². The molecule has 8 heteroatoms. The van der Waals surface area contributed by atoms with E-state index in [0.717, 1.165) is 66.8 Å². The maximum atomic E-state index is 13.5. The van der Waals surface area contributed by atoms with Crippen LogP contribution in [0, 0.1) is 0 Å². The molecule has 1 aromatic heterocycles. The molecule has 42 heavy (non-hydrogen) atoms. The van der Waals surface area contributed by atoms with E-state index in [9.17, 15) is 9.59 Å². The number of para-hydroxylation sites is 1. The number of hydrogen-bond donors (Lipinski definition) is 2. The number of rotatable bonds is 11. The third kappa shape index (κ3) is 8.02. The van der Waals surface area contributed by atoms with E-state index in [1.165, 1.54) is 0 Å². The SMILES string of the molecule is O=C(CCOC(=O)N(c1ccccc1-c1ccccc1)N1CCCCC1)Nc1ccc(CNCc2cccnc2)cc1. The molecule has 0 aliphatic carbocycles. The maximum absolute atomic E-state index is 13.5. The van der Waals surface area contributed by atoms with Gasteiger partial charge in [-0.05, 0) is 53.8 Å². The minimum absolute atomic E-state index is 0.0150. The van der Waals surface area contributed by atoms with Crippen LogP contribution in [0.2, 0.25) is 0 Å². The third-order valence-corrected chi connectivity index (χ3v) is 7.18. The predicted octanol–water partition coefficient (Wildman–Crippen LogP) is 6.41. The second-order valence-electron chi connectivity index (χ2n) is 10.3. The summed E-state index contributed by atoms with van der Waals surface area (Å²) in [5.41, 5.74) is 5.69. The Hall–Kier alpha value is -4.53. The Balaban J connectivity index is 1.15. The fourth-order valence-electron chi connectivity index (χ4n) is 5.04. The zero-order valence-electron chi connectivity index (χ0n) is 23.7. The number of nitrogens with zero attached hydrogens (tertiary/aromatic N) is 3. The van der Waals surface area contributed by atoms with Crippen molar-refractivity contribution in [1.82, 2.24) is 15.3 Å². The zero-order valence-corrected chi connectivity index (χ0v) is 23.7. The Morgan fingerprint density at radius 1 is 0.810 bits per heavy atom. The third-order valence-electron chi connectivity index (χ3n) is 7.18. The second-order valence-corrected chi connectivity index (χ2v) is 10.3. The van der Waals surface area contributed by atoms with Crippen molar-refractivity contribution in [2.75, 3.05) is 30.0 Å². The first-order chi connectivity index (χ1) is 20.7. The summed E-state index contributed by atoms with van der Waals surface area (Å²) in [5.74, 6) is -0.209. The molecule has 2 N–H and O–H groups in total. The second kappa shape index (κ2) is 14.9. The van der Waals surface area contributed by atoms with Crippen LogP contribution in [-0.4, -0.2) is 41.7 Å². The lowest BCUT2D eigenvalue weighted by molar-refractivity contribution is -0.116. The summed E-state index contributed by atoms with van der Waals surface area (Å²) >= 11 is 0. The number of carbonyl (C=O) groups is 2. The summed E-state index contributed by atoms with van der Waals surface area (Å²) in [4.78, 5) is 30.3. The highest BCUT2D eigenvalue weighted by Gasteiger charge is 2.28. The van der Waals surface area contributed by atoms with Gasteiger partial charge in [0.2, 0.25) is 5.91 Å². The smallest absolute Gasteiger partial charge is 0.429 e. The predicted molar refractivity (Wildman–Crippen MR) is 166 cm³/mol. The molecule has 8 nitrogen and oxygen atoms in total. The number of hydrogen-bond acceptors (Lipinski definition) is 6. The molecule has 1 aliphatic rings. The summed E-state index contributed by atoms with van der Waals surface area (Å²) < 4.78 is 5.68. The average Bonchev–Trinajstić information content (AvgIpc) is 3.04. The molecule has 216 valence electrons. The van der Waals surface area contributed by atoms with Gasteiger partial charge < -0.3 is 15.4 Å². The quantitative estimate of drug-likeness (QED) is 0.219. The van der Waals surface area contributed by atoms with E-state index in [0.29, 0.717) is 12.2 Å². The van der Waals surface area contributed by atoms with Gasteiger partial charge in [-0.25, -0.2) is 14.8 Å². The fourth-order valence-corrected chi connectivity index (χ4v) is 5.04. The number of ether oxygens (including phenoxy) is 1. The normalized spacial score (nSPS) is 13.3. The van der Waals surface area contributed by atoms with Crippen molar-refractivity contribution in [2.24, 2.45) is 0 Å². The Bertz CT molecular complexity index is 1420. The van der Waals surface area contributed by atoms with Crippen LogP contribution in [0.5, 0.6) is 0 Å². The van der Waals surface area contributed by atoms with E-state index < -0.39 is 6.09 Å². The van der Waals surface area contributed by atoms with Gasteiger partial charge >= 0.3 is 6.09 Å². The van der Waals surface area contributed by atoms with Gasteiger partial charge in [-0.3, -0.25) is 9.78 Å². The van der Waals surface area contributed by atoms with Gasteiger partial charge in [0.1, 0.15) is 6.61 Å². The number of amides is 2. The molecule has 0 unspecified atom stereocenters. The van der Waals surface area contributed by atoms with Crippen LogP contribution in [-0.2, 0) is 22.6 Å². The van der Waals surface area contributed by atoms with Crippen molar-refractivity contribution in [3.63, 3.8) is 0 Å². The molecule has 2 heterocycles. The Labute approximate surface area is 247 Å². The molecule has 1 aliphatic heterocycles. The van der Waals surface area contributed by atoms with Gasteiger partial charge in [0.15, 0.2) is 0 Å². The number of pyridine rings is 1. The van der Waals surface area contributed by atoms with Crippen molar-refractivity contribution in [2.45, 2.75) is 38.8 Å². The number of aromatic nitrogens is 1. The van der Waals surface area contributed by atoms with Crippen molar-refractivity contribution in [1.29, 1.82) is 0 Å². The first-order valence-electron chi connectivity index (χ1n) is 14.5. The molecule has 3 aromatic carbocycles. The number of piperidine rings is 1. The van der Waals surface area contributed by atoms with Crippen LogP contribution in [0.4, 0.5) is 16.2 Å². The maximum Gasteiger partial charge on any atom is 0.429 e. The molecule has 0 spiro atoms. The average molecular weight is 564 g/mol. The highest BCUT2D eigenvalue weighted by molar-refractivity contribution is 5.94. The molecule has 0 radical (unpaired) electrons. The molecular weight excluding hydrogens is 526 g/mol. The van der Waals surface area contributed by atoms with Crippen molar-refractivity contribution < 1.29 is 14.3 Å². The van der Waals surface area contributed by atoms with E-state index in [1.54, 1.807) is 11.2 Å². The zero-order chi connectivity index (χ0) is 29.0. The highest BCUT2D eigenvalue weighted by Crippen LogP contribution is 2.33. The van der Waals surface area contributed by atoms with Gasteiger partial charge in [0.25, 0.3) is 0 Å². The van der Waals surface area contributed by atoms with Crippen LogP contribution >= 0.6 is 0 Å². The molecule has 0 saturated carbocycles. The number of nitrogens with one attached hydrogen (secondary N) is 2. The molecule has 4 aromatic rings. The van der Waals surface area contributed by atoms with Crippen molar-refractivity contribution in [3.8, 4) is 11.1 Å². The van der Waals surface area contributed by atoms with Crippen LogP contribution in [0.1, 0.15) is 36.8 Å². The summed E-state index contributed by atoms with van der Waals surface area (Å²) in [5, 5.41) is 10.00. The molecule has 1 saturated heterocycles. The standard InChI is InChI=1S/C34H37N5O3/c40-33(37-30-17-15-27(16-18-30)24-36-26-28-10-9-20-35-25-28)19-23-42-34(41)39(38-21-7-2-8-22-38)32-14-6-5-13-31(32)29-11-3-1-4-12-29/h1,3-6,9-18,20,25,36H,2,7-8,19,21-24,26H2,(H,37,40). The molecule has 1 fully saturated rings. The Morgan fingerprint density at radius 2 is 1.55 bits per heavy atom. The number of hydrazine groups is 1. The van der Waals surface area contributed by atoms with Crippen LogP contribution in [0.15, 0.2) is 103 Å². The lowest BCUT2D eigenvalue weighted by atomic mass is 10.0. The lowest BCUT2D eigenvalue weighted by Crippen LogP contribution is -2.49. The minimum atomic E-state index is -0.476. The Morgan fingerprint density at radius 3 is 2.31 bits per heavy atom. The van der Waals surface area contributed by atoms with E-state index in [1.807, 2.05) is 97.2 Å². The van der Waals surface area contributed by atoms with Gasteiger partial charge in [-0.15, -0.1) is 0 Å². The monoisotopic (exact) mass is 563 g/mol. The summed E-state index contributed by atoms with van der Waals surface area (Å²) in [6.45, 7) is 2.97. The van der Waals surface area contributed by atoms with E-state index in [2.05, 4.69) is 20.6 Å². The minimum Gasteiger partial charge on any atom is -0.448 e.